The lowest BCUT2D eigenvalue weighted by molar-refractivity contribution is -0.139. The van der Waals surface area contributed by atoms with E-state index < -0.39 is 12.0 Å². The summed E-state index contributed by atoms with van der Waals surface area (Å²) in [5.41, 5.74) is 0. The van der Waals surface area contributed by atoms with Gasteiger partial charge in [-0.05, 0) is 13.3 Å². The van der Waals surface area contributed by atoms with E-state index in [9.17, 15) is 4.79 Å². The highest BCUT2D eigenvalue weighted by molar-refractivity contribution is 5.74. The number of carboxylic acid groups (broad SMARTS) is 1. The quantitative estimate of drug-likeness (QED) is 0.582. The van der Waals surface area contributed by atoms with Crippen molar-refractivity contribution in [2.75, 3.05) is 0 Å². The Balaban J connectivity index is 1.98. The summed E-state index contributed by atoms with van der Waals surface area (Å²) >= 11 is 0. The number of carboxylic acids is 1. The Bertz CT molecular complexity index is 192. The fourth-order valence-electron chi connectivity index (χ4n) is 2.08. The summed E-state index contributed by atoms with van der Waals surface area (Å²) in [6, 6.07) is -0.131. The Labute approximate surface area is 70.9 Å². The molecule has 0 aromatic heterocycles. The van der Waals surface area contributed by atoms with Gasteiger partial charge < -0.3 is 9.84 Å². The smallest absolute Gasteiger partial charge is 0.320 e. The van der Waals surface area contributed by atoms with Gasteiger partial charge in [0.05, 0.1) is 12.2 Å². The Morgan fingerprint density at radius 2 is 2.33 bits per heavy atom. The highest BCUT2D eigenvalue weighted by atomic mass is 16.5. The second-order valence-electron chi connectivity index (χ2n) is 3.62. The summed E-state index contributed by atoms with van der Waals surface area (Å²) in [5, 5.41) is 11.8. The second-order valence-corrected chi connectivity index (χ2v) is 3.62. The minimum absolute atomic E-state index is 0.126. The maximum atomic E-state index is 10.6. The fourth-order valence-corrected chi connectivity index (χ4v) is 2.08. The van der Waals surface area contributed by atoms with E-state index in [0.717, 1.165) is 6.42 Å². The maximum Gasteiger partial charge on any atom is 0.320 e. The van der Waals surface area contributed by atoms with Crippen molar-refractivity contribution in [3.05, 3.63) is 0 Å². The first kappa shape index (κ1) is 8.01. The molecule has 2 fully saturated rings. The monoisotopic (exact) mass is 171 g/mol. The molecule has 2 aliphatic heterocycles. The molecule has 0 spiro atoms. The van der Waals surface area contributed by atoms with Gasteiger partial charge in [-0.15, -0.1) is 0 Å². The lowest BCUT2D eigenvalue weighted by atomic mass is 10.1. The maximum absolute atomic E-state index is 10.6. The van der Waals surface area contributed by atoms with E-state index in [1.54, 1.807) is 0 Å². The van der Waals surface area contributed by atoms with Crippen LogP contribution in [0.4, 0.5) is 0 Å². The molecule has 2 N–H and O–H groups in total. The van der Waals surface area contributed by atoms with E-state index in [4.69, 9.17) is 9.84 Å². The van der Waals surface area contributed by atoms with Crippen molar-refractivity contribution in [1.29, 1.82) is 0 Å². The van der Waals surface area contributed by atoms with Crippen molar-refractivity contribution in [3.63, 3.8) is 0 Å². The van der Waals surface area contributed by atoms with Crippen LogP contribution in [0.1, 0.15) is 19.8 Å². The molecule has 68 valence electrons. The molecule has 0 radical (unpaired) electrons. The molecule has 4 atom stereocenters. The van der Waals surface area contributed by atoms with Crippen molar-refractivity contribution in [3.8, 4) is 0 Å². The van der Waals surface area contributed by atoms with Gasteiger partial charge in [-0.25, -0.2) is 0 Å². The molecule has 0 aromatic carbocycles. The van der Waals surface area contributed by atoms with Crippen LogP contribution in [0, 0.1) is 0 Å². The first-order valence-corrected chi connectivity index (χ1v) is 4.31. The van der Waals surface area contributed by atoms with E-state index in [1.165, 1.54) is 0 Å². The first-order chi connectivity index (χ1) is 5.66. The molecule has 0 bridgehead atoms. The highest BCUT2D eigenvalue weighted by Gasteiger charge is 2.43. The molecule has 4 unspecified atom stereocenters. The van der Waals surface area contributed by atoms with Crippen LogP contribution in [0.2, 0.25) is 0 Å². The molecule has 4 heteroatoms. The summed E-state index contributed by atoms with van der Waals surface area (Å²) in [7, 11) is 0. The number of ether oxygens (including phenoxy) is 1. The van der Waals surface area contributed by atoms with E-state index in [0.29, 0.717) is 6.42 Å². The van der Waals surface area contributed by atoms with Gasteiger partial charge in [-0.2, -0.15) is 0 Å². The van der Waals surface area contributed by atoms with Gasteiger partial charge in [-0.3, -0.25) is 10.1 Å². The fraction of sp³-hybridized carbons (Fsp3) is 0.875. The van der Waals surface area contributed by atoms with Crippen molar-refractivity contribution < 1.29 is 14.6 Å². The van der Waals surface area contributed by atoms with Gasteiger partial charge in [0.1, 0.15) is 6.04 Å². The number of aliphatic carboxylic acids is 1. The van der Waals surface area contributed by atoms with Crippen LogP contribution in [-0.2, 0) is 9.53 Å². The van der Waals surface area contributed by atoms with Crippen LogP contribution in [0.3, 0.4) is 0 Å². The average molecular weight is 171 g/mol. The predicted molar refractivity (Wildman–Crippen MR) is 41.9 cm³/mol. The third-order valence-electron chi connectivity index (χ3n) is 2.62. The first-order valence-electron chi connectivity index (χ1n) is 4.31. The molecule has 2 rings (SSSR count). The van der Waals surface area contributed by atoms with Crippen LogP contribution >= 0.6 is 0 Å². The van der Waals surface area contributed by atoms with Gasteiger partial charge in [0.25, 0.3) is 0 Å². The van der Waals surface area contributed by atoms with E-state index >= 15 is 0 Å². The Hall–Kier alpha value is -0.610. The number of carbonyl (C=O) groups is 1. The third kappa shape index (κ3) is 1.21. The molecule has 0 saturated carbocycles. The van der Waals surface area contributed by atoms with Crippen LogP contribution in [-0.4, -0.2) is 35.4 Å². The van der Waals surface area contributed by atoms with Crippen molar-refractivity contribution >= 4 is 5.97 Å². The lowest BCUT2D eigenvalue weighted by Crippen LogP contribution is -2.35. The van der Waals surface area contributed by atoms with Crippen LogP contribution in [0.15, 0.2) is 0 Å². The summed E-state index contributed by atoms with van der Waals surface area (Å²) in [5.74, 6) is -0.763. The summed E-state index contributed by atoms with van der Waals surface area (Å²) < 4.78 is 5.54. The number of fused-ring (bicyclic) bond motifs is 1. The number of hydrogen-bond donors (Lipinski definition) is 2. The minimum atomic E-state index is -0.763. The lowest BCUT2D eigenvalue weighted by Gasteiger charge is -2.08. The Morgan fingerprint density at radius 3 is 2.92 bits per heavy atom. The molecule has 2 heterocycles. The number of hydrogen-bond acceptors (Lipinski definition) is 3. The van der Waals surface area contributed by atoms with Gasteiger partial charge in [0.2, 0.25) is 0 Å². The van der Waals surface area contributed by atoms with E-state index in [2.05, 4.69) is 5.32 Å². The SMILES string of the molecule is CC1CC2NC(C(=O)O)CC2O1. The molecule has 2 saturated heterocycles. The van der Waals surface area contributed by atoms with Crippen LogP contribution < -0.4 is 5.32 Å². The Kier molecular flexibility index (Phi) is 1.81. The zero-order chi connectivity index (χ0) is 8.72. The molecule has 12 heavy (non-hydrogen) atoms. The molecule has 0 amide bonds. The van der Waals surface area contributed by atoms with Crippen molar-refractivity contribution in [1.82, 2.24) is 5.32 Å². The highest BCUT2D eigenvalue weighted by Crippen LogP contribution is 2.28. The van der Waals surface area contributed by atoms with Crippen molar-refractivity contribution in [2.24, 2.45) is 0 Å². The van der Waals surface area contributed by atoms with Crippen LogP contribution in [0.5, 0.6) is 0 Å². The minimum Gasteiger partial charge on any atom is -0.480 e. The standard InChI is InChI=1S/C8H13NO3/c1-4-2-5-7(12-4)3-6(9-5)8(10)11/h4-7,9H,2-3H2,1H3,(H,10,11). The predicted octanol–water partition coefficient (Wildman–Crippen LogP) is -0.0211. The van der Waals surface area contributed by atoms with Crippen molar-refractivity contribution in [2.45, 2.75) is 44.1 Å². The number of rotatable bonds is 1. The summed E-state index contributed by atoms with van der Waals surface area (Å²) in [4.78, 5) is 10.6. The van der Waals surface area contributed by atoms with Gasteiger partial charge >= 0.3 is 5.97 Å². The molecular formula is C8H13NO3. The van der Waals surface area contributed by atoms with Gasteiger partial charge in [-0.1, -0.05) is 0 Å². The topological polar surface area (TPSA) is 58.6 Å². The van der Waals surface area contributed by atoms with Gasteiger partial charge in [0.15, 0.2) is 0 Å². The largest absolute Gasteiger partial charge is 0.480 e. The van der Waals surface area contributed by atoms with Gasteiger partial charge in [0, 0.05) is 12.5 Å². The molecule has 0 aromatic rings. The summed E-state index contributed by atoms with van der Waals surface area (Å²) in [6.07, 6.45) is 1.96. The average Bonchev–Trinajstić information content (AvgIpc) is 2.42. The summed E-state index contributed by atoms with van der Waals surface area (Å²) in [6.45, 7) is 2.02. The normalized spacial score (nSPS) is 46.1. The molecule has 2 aliphatic rings. The van der Waals surface area contributed by atoms with E-state index in [1.807, 2.05) is 6.92 Å². The third-order valence-corrected chi connectivity index (χ3v) is 2.62. The molecular weight excluding hydrogens is 158 g/mol. The Morgan fingerprint density at radius 1 is 1.58 bits per heavy atom. The molecule has 0 aliphatic carbocycles. The number of nitrogens with one attached hydrogen (secondary N) is 1. The zero-order valence-electron chi connectivity index (χ0n) is 6.99. The molecule has 4 nitrogen and oxygen atoms in total. The van der Waals surface area contributed by atoms with Crippen LogP contribution in [0.25, 0.3) is 0 Å². The zero-order valence-corrected chi connectivity index (χ0v) is 6.99. The second kappa shape index (κ2) is 2.71. The van der Waals surface area contributed by atoms with E-state index in [-0.39, 0.29) is 18.2 Å².